The van der Waals surface area contributed by atoms with Gasteiger partial charge in [0.2, 0.25) is 0 Å². The summed E-state index contributed by atoms with van der Waals surface area (Å²) in [7, 11) is 0. The number of hydrogen-bond donors (Lipinski definition) is 3. The number of hydrogen-bond acceptors (Lipinski definition) is 4. The standard InChI is InChI=1S/C18H25N3O3/c22-16(17(23)21-14-5-2-1-3-6-14)20-13-15-7-4-8-18(24-15)9-11-19-12-10-18/h1-3,5-6,15,19H,4,7-13H2,(H,20,22)(H,21,23). The zero-order valence-electron chi connectivity index (χ0n) is 13.8. The minimum atomic E-state index is -0.645. The van der Waals surface area contributed by atoms with Crippen molar-refractivity contribution < 1.29 is 14.3 Å². The molecule has 3 N–H and O–H groups in total. The van der Waals surface area contributed by atoms with Crippen molar-refractivity contribution in [1.82, 2.24) is 10.6 Å². The third kappa shape index (κ3) is 4.33. The summed E-state index contributed by atoms with van der Waals surface area (Å²) < 4.78 is 6.28. The molecule has 0 aliphatic carbocycles. The van der Waals surface area contributed by atoms with E-state index in [9.17, 15) is 9.59 Å². The third-order valence-electron chi connectivity index (χ3n) is 4.82. The van der Waals surface area contributed by atoms with Crippen molar-refractivity contribution in [2.24, 2.45) is 0 Å². The van der Waals surface area contributed by atoms with E-state index in [0.29, 0.717) is 12.2 Å². The first-order valence-electron chi connectivity index (χ1n) is 8.70. The van der Waals surface area contributed by atoms with Crippen LogP contribution in [0.1, 0.15) is 32.1 Å². The van der Waals surface area contributed by atoms with E-state index in [0.717, 1.165) is 45.2 Å². The fourth-order valence-electron chi connectivity index (χ4n) is 3.51. The van der Waals surface area contributed by atoms with Crippen molar-refractivity contribution >= 4 is 17.5 Å². The summed E-state index contributed by atoms with van der Waals surface area (Å²) in [4.78, 5) is 23.9. The topological polar surface area (TPSA) is 79.5 Å². The highest BCUT2D eigenvalue weighted by Gasteiger charge is 2.38. The molecule has 3 rings (SSSR count). The zero-order chi connectivity index (χ0) is 16.8. The molecular formula is C18H25N3O3. The van der Waals surface area contributed by atoms with Crippen molar-refractivity contribution in [2.45, 2.75) is 43.8 Å². The molecule has 1 atom stereocenters. The van der Waals surface area contributed by atoms with Gasteiger partial charge in [-0.05, 0) is 57.3 Å². The van der Waals surface area contributed by atoms with Crippen LogP contribution in [-0.4, -0.2) is 43.2 Å². The fraction of sp³-hybridized carbons (Fsp3) is 0.556. The van der Waals surface area contributed by atoms with Gasteiger partial charge in [0.1, 0.15) is 0 Å². The Morgan fingerprint density at radius 2 is 1.88 bits per heavy atom. The number of piperidine rings is 1. The number of carbonyl (C=O) groups excluding carboxylic acids is 2. The zero-order valence-corrected chi connectivity index (χ0v) is 13.8. The van der Waals surface area contributed by atoms with Crippen molar-refractivity contribution in [3.63, 3.8) is 0 Å². The van der Waals surface area contributed by atoms with Crippen molar-refractivity contribution in [3.8, 4) is 0 Å². The molecule has 6 nitrogen and oxygen atoms in total. The molecule has 24 heavy (non-hydrogen) atoms. The van der Waals surface area contributed by atoms with E-state index in [1.165, 1.54) is 0 Å². The van der Waals surface area contributed by atoms with E-state index in [2.05, 4.69) is 16.0 Å². The molecule has 130 valence electrons. The van der Waals surface area contributed by atoms with Crippen molar-refractivity contribution in [3.05, 3.63) is 30.3 Å². The van der Waals surface area contributed by atoms with E-state index in [1.54, 1.807) is 12.1 Å². The summed E-state index contributed by atoms with van der Waals surface area (Å²) in [5.74, 6) is -1.26. The smallest absolute Gasteiger partial charge is 0.313 e. The normalized spacial score (nSPS) is 22.8. The minimum Gasteiger partial charge on any atom is -0.370 e. The molecule has 2 aliphatic rings. The molecule has 2 heterocycles. The quantitative estimate of drug-likeness (QED) is 0.732. The third-order valence-corrected chi connectivity index (χ3v) is 4.82. The highest BCUT2D eigenvalue weighted by atomic mass is 16.5. The molecule has 2 fully saturated rings. The Hall–Kier alpha value is -1.92. The molecule has 0 radical (unpaired) electrons. The van der Waals surface area contributed by atoms with Crippen LogP contribution in [-0.2, 0) is 14.3 Å². The monoisotopic (exact) mass is 331 g/mol. The predicted molar refractivity (Wildman–Crippen MR) is 91.6 cm³/mol. The van der Waals surface area contributed by atoms with Crippen LogP contribution < -0.4 is 16.0 Å². The molecule has 0 bridgehead atoms. The van der Waals surface area contributed by atoms with Gasteiger partial charge in [0.05, 0.1) is 11.7 Å². The Morgan fingerprint density at radius 3 is 2.62 bits per heavy atom. The molecule has 0 aromatic heterocycles. The van der Waals surface area contributed by atoms with Crippen molar-refractivity contribution in [2.75, 3.05) is 25.0 Å². The maximum Gasteiger partial charge on any atom is 0.313 e. The second-order valence-electron chi connectivity index (χ2n) is 6.60. The first-order chi connectivity index (χ1) is 11.7. The average molecular weight is 331 g/mol. The van der Waals surface area contributed by atoms with Gasteiger partial charge in [0, 0.05) is 12.2 Å². The van der Waals surface area contributed by atoms with Crippen molar-refractivity contribution in [1.29, 1.82) is 0 Å². The first-order valence-corrected chi connectivity index (χ1v) is 8.70. The molecule has 1 aromatic rings. The van der Waals surface area contributed by atoms with Gasteiger partial charge in [0.25, 0.3) is 0 Å². The molecule has 1 unspecified atom stereocenters. The molecule has 2 aliphatic heterocycles. The SMILES string of the molecule is O=C(NCC1CCCC2(CCNCC2)O1)C(=O)Nc1ccccc1. The van der Waals surface area contributed by atoms with E-state index in [1.807, 2.05) is 18.2 Å². The van der Waals surface area contributed by atoms with Gasteiger partial charge >= 0.3 is 11.8 Å². The highest BCUT2D eigenvalue weighted by molar-refractivity contribution is 6.39. The van der Waals surface area contributed by atoms with Crippen LogP contribution in [0.15, 0.2) is 30.3 Å². The Morgan fingerprint density at radius 1 is 1.12 bits per heavy atom. The molecular weight excluding hydrogens is 306 g/mol. The summed E-state index contributed by atoms with van der Waals surface area (Å²) in [5.41, 5.74) is 0.575. The minimum absolute atomic E-state index is 0.00896. The Bertz CT molecular complexity index is 565. The largest absolute Gasteiger partial charge is 0.370 e. The number of nitrogens with one attached hydrogen (secondary N) is 3. The lowest BCUT2D eigenvalue weighted by atomic mass is 9.84. The fourth-order valence-corrected chi connectivity index (χ4v) is 3.51. The first kappa shape index (κ1) is 16.9. The van der Waals surface area contributed by atoms with Crippen LogP contribution in [0.2, 0.25) is 0 Å². The van der Waals surface area contributed by atoms with E-state index in [4.69, 9.17) is 4.74 Å². The molecule has 1 aromatic carbocycles. The molecule has 2 amide bonds. The van der Waals surface area contributed by atoms with Crippen LogP contribution in [0.4, 0.5) is 5.69 Å². The summed E-state index contributed by atoms with van der Waals surface area (Å²) in [6, 6.07) is 8.96. The van der Waals surface area contributed by atoms with Gasteiger partial charge in [-0.15, -0.1) is 0 Å². The molecule has 0 saturated carbocycles. The van der Waals surface area contributed by atoms with Gasteiger partial charge in [-0.2, -0.15) is 0 Å². The number of ether oxygens (including phenoxy) is 1. The summed E-state index contributed by atoms with van der Waals surface area (Å²) in [5, 5.41) is 8.65. The Kier molecular flexibility index (Phi) is 5.48. The Labute approximate surface area is 142 Å². The van der Waals surface area contributed by atoms with E-state index < -0.39 is 11.8 Å². The maximum absolute atomic E-state index is 12.0. The average Bonchev–Trinajstić information content (AvgIpc) is 2.61. The maximum atomic E-state index is 12.0. The highest BCUT2D eigenvalue weighted by Crippen LogP contribution is 2.35. The molecule has 2 saturated heterocycles. The van der Waals surface area contributed by atoms with Crippen LogP contribution in [0.5, 0.6) is 0 Å². The van der Waals surface area contributed by atoms with Gasteiger partial charge < -0.3 is 20.7 Å². The molecule has 6 heteroatoms. The lowest BCUT2D eigenvalue weighted by Gasteiger charge is -2.44. The number of amides is 2. The second-order valence-corrected chi connectivity index (χ2v) is 6.60. The summed E-state index contributed by atoms with van der Waals surface area (Å²) in [6.07, 6.45) is 5.16. The number of para-hydroxylation sites is 1. The van der Waals surface area contributed by atoms with Gasteiger partial charge in [-0.3, -0.25) is 9.59 Å². The van der Waals surface area contributed by atoms with Crippen LogP contribution in [0, 0.1) is 0 Å². The van der Waals surface area contributed by atoms with E-state index >= 15 is 0 Å². The van der Waals surface area contributed by atoms with Gasteiger partial charge in [-0.25, -0.2) is 0 Å². The van der Waals surface area contributed by atoms with Gasteiger partial charge in [0.15, 0.2) is 0 Å². The number of carbonyl (C=O) groups is 2. The number of rotatable bonds is 3. The van der Waals surface area contributed by atoms with Gasteiger partial charge in [-0.1, -0.05) is 18.2 Å². The predicted octanol–water partition coefficient (Wildman–Crippen LogP) is 1.43. The van der Waals surface area contributed by atoms with Crippen LogP contribution >= 0.6 is 0 Å². The number of benzene rings is 1. The lowest BCUT2D eigenvalue weighted by molar-refractivity contribution is -0.146. The second kappa shape index (κ2) is 7.77. The summed E-state index contributed by atoms with van der Waals surface area (Å²) >= 11 is 0. The number of anilines is 1. The van der Waals surface area contributed by atoms with Crippen LogP contribution in [0.25, 0.3) is 0 Å². The van der Waals surface area contributed by atoms with E-state index in [-0.39, 0.29) is 11.7 Å². The molecule has 1 spiro atoms. The van der Waals surface area contributed by atoms with Crippen LogP contribution in [0.3, 0.4) is 0 Å². The summed E-state index contributed by atoms with van der Waals surface area (Å²) in [6.45, 7) is 2.35. The Balaban J connectivity index is 1.46. The lowest BCUT2D eigenvalue weighted by Crippen LogP contribution is -2.51.